The van der Waals surface area contributed by atoms with Gasteiger partial charge < -0.3 is 5.73 Å². The van der Waals surface area contributed by atoms with Gasteiger partial charge in [0.1, 0.15) is 0 Å². The van der Waals surface area contributed by atoms with E-state index in [1.54, 1.807) is 0 Å². The molecule has 0 aromatic carbocycles. The molecular weight excluding hydrogens is 114 g/mol. The molecule has 0 saturated heterocycles. The minimum absolute atomic E-state index is 0.398. The normalized spacial score (nSPS) is 8.89. The van der Waals surface area contributed by atoms with E-state index < -0.39 is 0 Å². The Morgan fingerprint density at radius 3 is 2.67 bits per heavy atom. The van der Waals surface area contributed by atoms with Crippen LogP contribution in [0.2, 0.25) is 0 Å². The zero-order valence-electron chi connectivity index (χ0n) is 5.10. The van der Waals surface area contributed by atoms with Crippen molar-refractivity contribution in [2.24, 2.45) is 0 Å². The molecular formula is C6H7N3. The van der Waals surface area contributed by atoms with Crippen molar-refractivity contribution in [2.75, 3.05) is 5.73 Å². The molecule has 9 heavy (non-hydrogen) atoms. The number of aromatic nitrogens is 2. The summed E-state index contributed by atoms with van der Waals surface area (Å²) in [7, 11) is 0. The van der Waals surface area contributed by atoms with E-state index in [9.17, 15) is 0 Å². The topological polar surface area (TPSA) is 54.7 Å². The smallest absolute Gasteiger partial charge is 0.161 e. The third-order valence-corrected chi connectivity index (χ3v) is 1.12. The molecule has 1 aromatic heterocycles. The lowest BCUT2D eigenvalue weighted by Crippen LogP contribution is -1.86. The van der Waals surface area contributed by atoms with Crippen LogP contribution in [0.3, 0.4) is 0 Å². The quantitative estimate of drug-likeness (QED) is 0.484. The van der Waals surface area contributed by atoms with Crippen molar-refractivity contribution in [1.82, 2.24) is 10.2 Å². The maximum Gasteiger partial charge on any atom is 0.161 e. The Balaban J connectivity index is 3.27. The summed E-state index contributed by atoms with van der Waals surface area (Å²) in [5.74, 6) is 2.82. The lowest BCUT2D eigenvalue weighted by Gasteiger charge is -1.83. The number of nitrogens with zero attached hydrogens (tertiary/aromatic N) is 1. The number of terminal acetylenes is 1. The van der Waals surface area contributed by atoms with Gasteiger partial charge in [-0.1, -0.05) is 5.92 Å². The highest BCUT2D eigenvalue weighted by Crippen LogP contribution is 2.08. The van der Waals surface area contributed by atoms with Gasteiger partial charge in [0.25, 0.3) is 0 Å². The number of rotatable bonds is 0. The standard InChI is InChI=1S/C6H7N3/c1-3-5-4(2)8-9-6(5)7/h1H,2H3,(H3,7,8,9). The Hall–Kier alpha value is -1.43. The zero-order valence-corrected chi connectivity index (χ0v) is 5.10. The summed E-state index contributed by atoms with van der Waals surface area (Å²) in [6.45, 7) is 1.83. The molecule has 0 fully saturated rings. The molecule has 0 saturated carbocycles. The predicted octanol–water partition coefficient (Wildman–Crippen LogP) is 0.282. The Bertz CT molecular complexity index is 234. The van der Waals surface area contributed by atoms with E-state index in [4.69, 9.17) is 12.2 Å². The van der Waals surface area contributed by atoms with Crippen molar-refractivity contribution < 1.29 is 0 Å². The SMILES string of the molecule is C#Cc1c(N)n[nH]c1C. The molecule has 0 aliphatic rings. The average Bonchev–Trinajstić information content (AvgIpc) is 2.12. The van der Waals surface area contributed by atoms with Crippen LogP contribution in [0, 0.1) is 19.3 Å². The molecule has 1 heterocycles. The fourth-order valence-electron chi connectivity index (χ4n) is 0.630. The lowest BCUT2D eigenvalue weighted by molar-refractivity contribution is 1.05. The Morgan fingerprint density at radius 2 is 2.44 bits per heavy atom. The monoisotopic (exact) mass is 121 g/mol. The minimum atomic E-state index is 0.398. The predicted molar refractivity (Wildman–Crippen MR) is 35.7 cm³/mol. The number of hydrogen-bond acceptors (Lipinski definition) is 2. The Morgan fingerprint density at radius 1 is 1.78 bits per heavy atom. The molecule has 0 atom stereocenters. The molecule has 46 valence electrons. The second-order valence-corrected chi connectivity index (χ2v) is 1.75. The van der Waals surface area contributed by atoms with Crippen LogP contribution in [0.4, 0.5) is 5.82 Å². The van der Waals surface area contributed by atoms with Crippen molar-refractivity contribution >= 4 is 5.82 Å². The third-order valence-electron chi connectivity index (χ3n) is 1.12. The van der Waals surface area contributed by atoms with Gasteiger partial charge in [-0.15, -0.1) is 6.42 Å². The summed E-state index contributed by atoms with van der Waals surface area (Å²) in [5, 5.41) is 6.37. The van der Waals surface area contributed by atoms with E-state index in [0.29, 0.717) is 11.4 Å². The number of hydrogen-bond donors (Lipinski definition) is 2. The number of anilines is 1. The van der Waals surface area contributed by atoms with Crippen LogP contribution in [-0.2, 0) is 0 Å². The van der Waals surface area contributed by atoms with Gasteiger partial charge in [0.2, 0.25) is 0 Å². The van der Waals surface area contributed by atoms with Crippen LogP contribution in [-0.4, -0.2) is 10.2 Å². The van der Waals surface area contributed by atoms with Gasteiger partial charge in [0.15, 0.2) is 5.82 Å². The number of nitrogen functional groups attached to an aromatic ring is 1. The molecule has 3 heteroatoms. The molecule has 0 unspecified atom stereocenters. The second kappa shape index (κ2) is 1.82. The summed E-state index contributed by atoms with van der Waals surface area (Å²) in [4.78, 5) is 0. The first-order valence-electron chi connectivity index (χ1n) is 2.52. The highest BCUT2D eigenvalue weighted by molar-refractivity contribution is 5.51. The number of nitrogens with one attached hydrogen (secondary N) is 1. The lowest BCUT2D eigenvalue weighted by atomic mass is 10.2. The van der Waals surface area contributed by atoms with E-state index >= 15 is 0 Å². The summed E-state index contributed by atoms with van der Waals surface area (Å²) in [6.07, 6.45) is 5.11. The summed E-state index contributed by atoms with van der Waals surface area (Å²) >= 11 is 0. The molecule has 0 aliphatic carbocycles. The Kier molecular flexibility index (Phi) is 1.16. The zero-order chi connectivity index (χ0) is 6.85. The van der Waals surface area contributed by atoms with Crippen molar-refractivity contribution in [3.63, 3.8) is 0 Å². The summed E-state index contributed by atoms with van der Waals surface area (Å²) in [5.41, 5.74) is 6.87. The van der Waals surface area contributed by atoms with Crippen molar-refractivity contribution in [2.45, 2.75) is 6.92 Å². The first kappa shape index (κ1) is 5.70. The van der Waals surface area contributed by atoms with E-state index in [1.807, 2.05) is 6.92 Å². The van der Waals surface area contributed by atoms with Gasteiger partial charge in [-0.05, 0) is 6.92 Å². The van der Waals surface area contributed by atoms with Crippen LogP contribution in [0.5, 0.6) is 0 Å². The van der Waals surface area contributed by atoms with Crippen LogP contribution in [0.25, 0.3) is 0 Å². The van der Waals surface area contributed by atoms with E-state index in [0.717, 1.165) is 5.69 Å². The fraction of sp³-hybridized carbons (Fsp3) is 0.167. The van der Waals surface area contributed by atoms with Crippen LogP contribution < -0.4 is 5.73 Å². The maximum atomic E-state index is 5.37. The highest BCUT2D eigenvalue weighted by Gasteiger charge is 2.00. The number of H-pyrrole nitrogens is 1. The van der Waals surface area contributed by atoms with Crippen LogP contribution >= 0.6 is 0 Å². The molecule has 0 bridgehead atoms. The first-order valence-corrected chi connectivity index (χ1v) is 2.52. The molecule has 1 aromatic rings. The van der Waals surface area contributed by atoms with Crippen molar-refractivity contribution in [1.29, 1.82) is 0 Å². The second-order valence-electron chi connectivity index (χ2n) is 1.75. The average molecular weight is 121 g/mol. The number of aryl methyl sites for hydroxylation is 1. The van der Waals surface area contributed by atoms with Crippen LogP contribution in [0.1, 0.15) is 11.3 Å². The first-order chi connectivity index (χ1) is 4.25. The molecule has 0 aliphatic heterocycles. The molecule has 0 radical (unpaired) electrons. The van der Waals surface area contributed by atoms with Gasteiger partial charge in [0.05, 0.1) is 5.56 Å². The molecule has 1 rings (SSSR count). The van der Waals surface area contributed by atoms with Crippen molar-refractivity contribution in [3.05, 3.63) is 11.3 Å². The van der Waals surface area contributed by atoms with E-state index in [-0.39, 0.29) is 0 Å². The van der Waals surface area contributed by atoms with Gasteiger partial charge in [-0.2, -0.15) is 5.10 Å². The third kappa shape index (κ3) is 0.745. The van der Waals surface area contributed by atoms with Gasteiger partial charge >= 0.3 is 0 Å². The Labute approximate surface area is 53.3 Å². The molecule has 0 amide bonds. The fourth-order valence-corrected chi connectivity index (χ4v) is 0.630. The number of nitrogens with two attached hydrogens (primary N) is 1. The summed E-state index contributed by atoms with van der Waals surface area (Å²) in [6, 6.07) is 0. The van der Waals surface area contributed by atoms with Gasteiger partial charge in [-0.25, -0.2) is 0 Å². The van der Waals surface area contributed by atoms with E-state index in [1.165, 1.54) is 0 Å². The van der Waals surface area contributed by atoms with Crippen LogP contribution in [0.15, 0.2) is 0 Å². The maximum absolute atomic E-state index is 5.37. The summed E-state index contributed by atoms with van der Waals surface area (Å²) < 4.78 is 0. The molecule has 3 nitrogen and oxygen atoms in total. The van der Waals surface area contributed by atoms with Crippen molar-refractivity contribution in [3.8, 4) is 12.3 Å². The largest absolute Gasteiger partial charge is 0.381 e. The molecule has 3 N–H and O–H groups in total. The number of aromatic amines is 1. The highest BCUT2D eigenvalue weighted by atomic mass is 15.2. The van der Waals surface area contributed by atoms with Gasteiger partial charge in [0, 0.05) is 5.69 Å². The van der Waals surface area contributed by atoms with E-state index in [2.05, 4.69) is 16.1 Å². The minimum Gasteiger partial charge on any atom is -0.381 e. The molecule has 0 spiro atoms. The van der Waals surface area contributed by atoms with Gasteiger partial charge in [-0.3, -0.25) is 5.10 Å².